The summed E-state index contributed by atoms with van der Waals surface area (Å²) >= 11 is 0. The summed E-state index contributed by atoms with van der Waals surface area (Å²) in [5.74, 6) is -1.96. The number of fused-ring (bicyclic) bond motifs is 1. The maximum atomic E-state index is 15.2. The van der Waals surface area contributed by atoms with E-state index in [1.54, 1.807) is 4.90 Å². The summed E-state index contributed by atoms with van der Waals surface area (Å²) in [6, 6.07) is 0.884. The fourth-order valence-electron chi connectivity index (χ4n) is 3.41. The number of nitrogens with two attached hydrogens (primary N) is 1. The van der Waals surface area contributed by atoms with Gasteiger partial charge in [0, 0.05) is 25.0 Å². The number of aromatic nitrogens is 1. The number of carboxylic acid groups (broad SMARTS) is 1. The molecule has 1 saturated heterocycles. The van der Waals surface area contributed by atoms with Gasteiger partial charge in [0.05, 0.1) is 17.1 Å². The molecule has 0 radical (unpaired) electrons. The predicted octanol–water partition coefficient (Wildman–Crippen LogP) is 2.07. The average Bonchev–Trinajstić information content (AvgIpc) is 3.36. The van der Waals surface area contributed by atoms with Crippen LogP contribution in [0.4, 0.5) is 19.3 Å². The third-order valence-corrected chi connectivity index (χ3v) is 4.90. The number of hydrogen-bond donors (Lipinski definition) is 2. The molecule has 4 rings (SSSR count). The van der Waals surface area contributed by atoms with Gasteiger partial charge in [-0.05, 0) is 25.5 Å². The molecule has 2 aliphatic rings. The lowest BCUT2D eigenvalue weighted by molar-refractivity contribution is 0.143. The van der Waals surface area contributed by atoms with Crippen LogP contribution in [0.2, 0.25) is 0 Å². The first kappa shape index (κ1) is 16.8. The smallest absolute Gasteiger partial charge is 0.449 e. The molecule has 2 heterocycles. The van der Waals surface area contributed by atoms with Crippen molar-refractivity contribution in [2.75, 3.05) is 24.5 Å². The molecule has 0 spiro atoms. The molecule has 9 heteroatoms. The van der Waals surface area contributed by atoms with E-state index in [-0.39, 0.29) is 28.6 Å². The predicted molar refractivity (Wildman–Crippen MR) is 89.8 cm³/mol. The van der Waals surface area contributed by atoms with Crippen LogP contribution < -0.4 is 20.8 Å². The van der Waals surface area contributed by atoms with Gasteiger partial charge in [0.2, 0.25) is 5.43 Å². The Kier molecular flexibility index (Phi) is 3.83. The zero-order chi connectivity index (χ0) is 18.6. The van der Waals surface area contributed by atoms with Crippen LogP contribution in [0.15, 0.2) is 17.1 Å². The summed E-state index contributed by atoms with van der Waals surface area (Å²) in [6.45, 7) is 1.34. The summed E-state index contributed by atoms with van der Waals surface area (Å²) in [5, 5.41) is 8.56. The molecule has 0 unspecified atom stereocenters. The minimum atomic E-state index is -1.66. The number of nitrogens with zero attached hydrogens (tertiary/aromatic N) is 2. The molecule has 2 aromatic rings. The summed E-state index contributed by atoms with van der Waals surface area (Å²) in [5.41, 5.74) is 4.51. The Morgan fingerprint density at radius 1 is 1.35 bits per heavy atom. The minimum absolute atomic E-state index is 0.0252. The fraction of sp³-hybridized carbons (Fsp3) is 0.412. The van der Waals surface area contributed by atoms with E-state index in [4.69, 9.17) is 10.8 Å². The van der Waals surface area contributed by atoms with E-state index < -0.39 is 29.0 Å². The van der Waals surface area contributed by atoms with E-state index in [2.05, 4.69) is 4.74 Å². The molecule has 7 nitrogen and oxygen atoms in total. The van der Waals surface area contributed by atoms with Gasteiger partial charge in [-0.3, -0.25) is 4.79 Å². The monoisotopic (exact) mass is 365 g/mol. The van der Waals surface area contributed by atoms with Gasteiger partial charge in [0.1, 0.15) is 11.5 Å². The van der Waals surface area contributed by atoms with Crippen LogP contribution in [0, 0.1) is 17.6 Å². The van der Waals surface area contributed by atoms with Crippen molar-refractivity contribution in [3.05, 3.63) is 34.1 Å². The van der Waals surface area contributed by atoms with Crippen LogP contribution in [-0.4, -0.2) is 35.5 Å². The Labute approximate surface area is 146 Å². The Bertz CT molecular complexity index is 965. The number of rotatable bonds is 4. The SMILES string of the molecule is NCC1CN(c2c(F)cc3c(=O)c(OC(=O)O)cn(C4CC4)c3c2F)C1. The van der Waals surface area contributed by atoms with Gasteiger partial charge in [-0.25, -0.2) is 13.6 Å². The van der Waals surface area contributed by atoms with E-state index in [1.165, 1.54) is 10.8 Å². The van der Waals surface area contributed by atoms with Crippen molar-refractivity contribution < 1.29 is 23.4 Å². The molecule has 138 valence electrons. The normalized spacial score (nSPS) is 17.4. The first-order valence-corrected chi connectivity index (χ1v) is 8.33. The molecule has 1 aromatic carbocycles. The second kappa shape index (κ2) is 5.94. The van der Waals surface area contributed by atoms with Crippen molar-refractivity contribution in [1.82, 2.24) is 4.57 Å². The lowest BCUT2D eigenvalue weighted by Gasteiger charge is -2.40. The maximum absolute atomic E-state index is 15.2. The van der Waals surface area contributed by atoms with Gasteiger partial charge >= 0.3 is 6.16 Å². The molecule has 1 saturated carbocycles. The van der Waals surface area contributed by atoms with E-state index in [9.17, 15) is 14.0 Å². The number of anilines is 1. The topological polar surface area (TPSA) is 97.8 Å². The minimum Gasteiger partial charge on any atom is -0.449 e. The molecular formula is C17H17F2N3O4. The van der Waals surface area contributed by atoms with Gasteiger partial charge in [-0.2, -0.15) is 0 Å². The third-order valence-electron chi connectivity index (χ3n) is 4.90. The fourth-order valence-corrected chi connectivity index (χ4v) is 3.41. The molecule has 1 aromatic heterocycles. The van der Waals surface area contributed by atoms with Crippen molar-refractivity contribution >= 4 is 22.7 Å². The molecule has 1 aliphatic carbocycles. The molecule has 0 atom stereocenters. The van der Waals surface area contributed by atoms with Crippen LogP contribution >= 0.6 is 0 Å². The van der Waals surface area contributed by atoms with Gasteiger partial charge < -0.3 is 25.0 Å². The Morgan fingerprint density at radius 3 is 2.62 bits per heavy atom. The summed E-state index contributed by atoms with van der Waals surface area (Å²) < 4.78 is 35.8. The van der Waals surface area contributed by atoms with E-state index >= 15 is 4.39 Å². The summed E-state index contributed by atoms with van der Waals surface area (Å²) in [6.07, 6.45) is 1.06. The molecule has 1 aliphatic heterocycles. The lowest BCUT2D eigenvalue weighted by atomic mass is 9.98. The standard InChI is InChI=1S/C17H17F2N3O4/c18-11-3-10-14(13(19)15(11)21-5-8(4-20)6-21)22(9-1-2-9)7-12(16(10)23)26-17(24)25/h3,7-9H,1-2,4-6,20H2,(H,24,25). The van der Waals surface area contributed by atoms with Crippen molar-refractivity contribution in [3.8, 4) is 5.75 Å². The number of ether oxygens (including phenoxy) is 1. The highest BCUT2D eigenvalue weighted by molar-refractivity contribution is 5.86. The van der Waals surface area contributed by atoms with Crippen LogP contribution in [-0.2, 0) is 0 Å². The zero-order valence-electron chi connectivity index (χ0n) is 13.7. The quantitative estimate of drug-likeness (QED) is 0.805. The van der Waals surface area contributed by atoms with Gasteiger partial charge in [-0.15, -0.1) is 0 Å². The molecule has 0 amide bonds. The van der Waals surface area contributed by atoms with Gasteiger partial charge in [0.25, 0.3) is 0 Å². The number of halogens is 2. The number of hydrogen-bond acceptors (Lipinski definition) is 5. The van der Waals surface area contributed by atoms with Crippen molar-refractivity contribution in [1.29, 1.82) is 0 Å². The highest BCUT2D eigenvalue weighted by Gasteiger charge is 2.34. The van der Waals surface area contributed by atoms with E-state index in [1.807, 2.05) is 0 Å². The van der Waals surface area contributed by atoms with Crippen molar-refractivity contribution in [3.63, 3.8) is 0 Å². The van der Waals surface area contributed by atoms with Crippen LogP contribution in [0.1, 0.15) is 18.9 Å². The van der Waals surface area contributed by atoms with Crippen LogP contribution in [0.5, 0.6) is 5.75 Å². The number of pyridine rings is 1. The van der Waals surface area contributed by atoms with Crippen LogP contribution in [0.3, 0.4) is 0 Å². The maximum Gasteiger partial charge on any atom is 0.511 e. The van der Waals surface area contributed by atoms with Gasteiger partial charge in [-0.1, -0.05) is 0 Å². The first-order valence-electron chi connectivity index (χ1n) is 8.33. The van der Waals surface area contributed by atoms with Crippen LogP contribution in [0.25, 0.3) is 10.9 Å². The number of benzene rings is 1. The third kappa shape index (κ3) is 2.59. The molecule has 3 N–H and O–H groups in total. The summed E-state index contributed by atoms with van der Waals surface area (Å²) in [4.78, 5) is 24.8. The van der Waals surface area contributed by atoms with Gasteiger partial charge in [0.15, 0.2) is 11.6 Å². The second-order valence-electron chi connectivity index (χ2n) is 6.75. The van der Waals surface area contributed by atoms with Crippen molar-refractivity contribution in [2.24, 2.45) is 11.7 Å². The Morgan fingerprint density at radius 2 is 2.04 bits per heavy atom. The zero-order valence-corrected chi connectivity index (χ0v) is 13.7. The Hall–Kier alpha value is -2.68. The highest BCUT2D eigenvalue weighted by atomic mass is 19.1. The molecule has 0 bridgehead atoms. The van der Waals surface area contributed by atoms with E-state index in [0.29, 0.717) is 19.6 Å². The first-order chi connectivity index (χ1) is 12.4. The molecule has 26 heavy (non-hydrogen) atoms. The largest absolute Gasteiger partial charge is 0.511 e. The second-order valence-corrected chi connectivity index (χ2v) is 6.75. The lowest BCUT2D eigenvalue weighted by Crippen LogP contribution is -2.50. The average molecular weight is 365 g/mol. The molecule has 2 fully saturated rings. The number of carbonyl (C=O) groups is 1. The summed E-state index contributed by atoms with van der Waals surface area (Å²) in [7, 11) is 0. The Balaban J connectivity index is 1.92. The molecular weight excluding hydrogens is 348 g/mol. The highest BCUT2D eigenvalue weighted by Crippen LogP contribution is 2.41. The van der Waals surface area contributed by atoms with Crippen molar-refractivity contribution in [2.45, 2.75) is 18.9 Å². The van der Waals surface area contributed by atoms with E-state index in [0.717, 1.165) is 18.9 Å².